The number of halogens is 3. The molecule has 0 bridgehead atoms. The molecule has 8 heteroatoms. The summed E-state index contributed by atoms with van der Waals surface area (Å²) in [6.45, 7) is 0.716. The predicted molar refractivity (Wildman–Crippen MR) is 98.0 cm³/mol. The lowest BCUT2D eigenvalue weighted by Crippen LogP contribution is -2.22. The second-order valence-electron chi connectivity index (χ2n) is 5.97. The van der Waals surface area contributed by atoms with Crippen LogP contribution in [0.3, 0.4) is 0 Å². The minimum absolute atomic E-state index is 0.510. The van der Waals surface area contributed by atoms with E-state index in [1.807, 2.05) is 24.1 Å². The molecule has 0 atom stereocenters. The van der Waals surface area contributed by atoms with Gasteiger partial charge in [-0.2, -0.15) is 18.2 Å². The molecular formula is C19H18F3N5. The monoisotopic (exact) mass is 373 g/mol. The molecule has 0 spiro atoms. The summed E-state index contributed by atoms with van der Waals surface area (Å²) < 4.78 is 37.9. The van der Waals surface area contributed by atoms with Crippen molar-refractivity contribution in [1.82, 2.24) is 15.0 Å². The topological polar surface area (TPSA) is 53.9 Å². The van der Waals surface area contributed by atoms with Gasteiger partial charge in [-0.15, -0.1) is 0 Å². The van der Waals surface area contributed by atoms with Gasteiger partial charge in [-0.25, -0.2) is 4.98 Å². The Labute approximate surface area is 154 Å². The van der Waals surface area contributed by atoms with Crippen molar-refractivity contribution in [3.05, 3.63) is 72.2 Å². The number of hydrogen-bond acceptors (Lipinski definition) is 5. The third-order valence-electron chi connectivity index (χ3n) is 3.95. The van der Waals surface area contributed by atoms with Gasteiger partial charge in [0.2, 0.25) is 5.95 Å². The van der Waals surface area contributed by atoms with Crippen molar-refractivity contribution in [2.75, 3.05) is 23.8 Å². The van der Waals surface area contributed by atoms with E-state index in [0.29, 0.717) is 24.0 Å². The molecule has 0 unspecified atom stereocenters. The average molecular weight is 373 g/mol. The van der Waals surface area contributed by atoms with E-state index < -0.39 is 11.7 Å². The Balaban J connectivity index is 1.64. The number of benzene rings is 1. The van der Waals surface area contributed by atoms with Crippen LogP contribution in [0.1, 0.15) is 11.1 Å². The fourth-order valence-electron chi connectivity index (χ4n) is 2.44. The summed E-state index contributed by atoms with van der Waals surface area (Å²) in [5.41, 5.74) is 0.996. The molecule has 0 aliphatic carbocycles. The summed E-state index contributed by atoms with van der Waals surface area (Å²) in [4.78, 5) is 14.6. The quantitative estimate of drug-likeness (QED) is 0.698. The minimum Gasteiger partial charge on any atom is -0.343 e. The van der Waals surface area contributed by atoms with E-state index in [9.17, 15) is 13.2 Å². The molecule has 0 fully saturated rings. The summed E-state index contributed by atoms with van der Waals surface area (Å²) in [7, 11) is 1.89. The molecule has 2 heterocycles. The molecule has 0 saturated carbocycles. The van der Waals surface area contributed by atoms with Gasteiger partial charge in [0.25, 0.3) is 0 Å². The molecule has 1 N–H and O–H groups in total. The van der Waals surface area contributed by atoms with E-state index in [4.69, 9.17) is 0 Å². The van der Waals surface area contributed by atoms with E-state index in [0.717, 1.165) is 24.1 Å². The van der Waals surface area contributed by atoms with Crippen LogP contribution >= 0.6 is 0 Å². The highest BCUT2D eigenvalue weighted by Crippen LogP contribution is 2.30. The largest absolute Gasteiger partial charge is 0.416 e. The highest BCUT2D eigenvalue weighted by atomic mass is 19.4. The second kappa shape index (κ2) is 8.03. The summed E-state index contributed by atoms with van der Waals surface area (Å²) in [5.74, 6) is 1.04. The zero-order chi connectivity index (χ0) is 19.3. The van der Waals surface area contributed by atoms with Crippen molar-refractivity contribution >= 4 is 17.5 Å². The predicted octanol–water partition coefficient (Wildman–Crippen LogP) is 4.31. The fraction of sp³-hybridized carbons (Fsp3) is 0.211. The molecule has 0 saturated heterocycles. The Kier molecular flexibility index (Phi) is 5.54. The summed E-state index contributed by atoms with van der Waals surface area (Å²) in [6.07, 6.45) is 1.58. The van der Waals surface area contributed by atoms with Crippen molar-refractivity contribution in [1.29, 1.82) is 0 Å². The lowest BCUT2D eigenvalue weighted by Gasteiger charge is -2.17. The molecule has 0 radical (unpaired) electrons. The number of nitrogens with one attached hydrogen (secondary N) is 1. The van der Waals surface area contributed by atoms with Crippen LogP contribution in [0.5, 0.6) is 0 Å². The van der Waals surface area contributed by atoms with Gasteiger partial charge in [0.1, 0.15) is 5.82 Å². The SMILES string of the molecule is CN(CCc1ccncc1)c1nccc(Nc2ccc(C(F)(F)F)cc2)n1. The molecule has 0 aliphatic rings. The number of alkyl halides is 3. The van der Waals surface area contributed by atoms with Crippen LogP contribution in [-0.2, 0) is 12.6 Å². The number of rotatable bonds is 6. The molecule has 3 aromatic rings. The molecule has 140 valence electrons. The van der Waals surface area contributed by atoms with Gasteiger partial charge in [-0.1, -0.05) is 0 Å². The lowest BCUT2D eigenvalue weighted by molar-refractivity contribution is -0.137. The third-order valence-corrected chi connectivity index (χ3v) is 3.95. The number of pyridine rings is 1. The van der Waals surface area contributed by atoms with Gasteiger partial charge >= 0.3 is 6.18 Å². The Morgan fingerprint density at radius 2 is 1.67 bits per heavy atom. The van der Waals surface area contributed by atoms with Gasteiger partial charge < -0.3 is 10.2 Å². The highest BCUT2D eigenvalue weighted by Gasteiger charge is 2.29. The van der Waals surface area contributed by atoms with Crippen molar-refractivity contribution in [3.8, 4) is 0 Å². The van der Waals surface area contributed by atoms with Crippen LogP contribution in [0.25, 0.3) is 0 Å². The first-order valence-corrected chi connectivity index (χ1v) is 8.29. The first kappa shape index (κ1) is 18.6. The van der Waals surface area contributed by atoms with Crippen LogP contribution in [-0.4, -0.2) is 28.5 Å². The maximum Gasteiger partial charge on any atom is 0.416 e. The molecule has 1 aromatic carbocycles. The minimum atomic E-state index is -4.35. The Hall–Kier alpha value is -3.16. The fourth-order valence-corrected chi connectivity index (χ4v) is 2.44. The van der Waals surface area contributed by atoms with Crippen molar-refractivity contribution in [2.45, 2.75) is 12.6 Å². The Morgan fingerprint density at radius 3 is 2.33 bits per heavy atom. The molecule has 2 aromatic heterocycles. The van der Waals surface area contributed by atoms with Gasteiger partial charge in [-0.3, -0.25) is 4.98 Å². The number of anilines is 3. The maximum atomic E-state index is 12.6. The number of hydrogen-bond donors (Lipinski definition) is 1. The van der Waals surface area contributed by atoms with E-state index in [2.05, 4.69) is 20.3 Å². The molecule has 5 nitrogen and oxygen atoms in total. The number of aromatic nitrogens is 3. The first-order chi connectivity index (χ1) is 12.9. The maximum absolute atomic E-state index is 12.6. The van der Waals surface area contributed by atoms with Crippen molar-refractivity contribution in [3.63, 3.8) is 0 Å². The molecule has 27 heavy (non-hydrogen) atoms. The number of nitrogens with zero attached hydrogens (tertiary/aromatic N) is 4. The van der Waals surface area contributed by atoms with Crippen LogP contribution in [0.15, 0.2) is 61.1 Å². The summed E-state index contributed by atoms with van der Waals surface area (Å²) in [6, 6.07) is 10.4. The van der Waals surface area contributed by atoms with Crippen molar-refractivity contribution < 1.29 is 13.2 Å². The molecule has 0 aliphatic heterocycles. The van der Waals surface area contributed by atoms with Gasteiger partial charge in [0, 0.05) is 37.9 Å². The zero-order valence-electron chi connectivity index (χ0n) is 14.6. The number of likely N-dealkylation sites (N-methyl/N-ethyl adjacent to an activating group) is 1. The van der Waals surface area contributed by atoms with Gasteiger partial charge in [0.15, 0.2) is 0 Å². The van der Waals surface area contributed by atoms with Crippen LogP contribution in [0.2, 0.25) is 0 Å². The van der Waals surface area contributed by atoms with Crippen LogP contribution in [0, 0.1) is 0 Å². The zero-order valence-corrected chi connectivity index (χ0v) is 14.6. The lowest BCUT2D eigenvalue weighted by atomic mass is 10.2. The smallest absolute Gasteiger partial charge is 0.343 e. The molecule has 0 amide bonds. The summed E-state index contributed by atoms with van der Waals surface area (Å²) >= 11 is 0. The standard InChI is InChI=1S/C19H18F3N5/c1-27(13-9-14-6-10-23-11-7-14)18-24-12-8-17(26-18)25-16-4-2-15(3-5-16)19(20,21)22/h2-8,10-12H,9,13H2,1H3,(H,24,25,26). The third kappa shape index (κ3) is 5.16. The second-order valence-corrected chi connectivity index (χ2v) is 5.97. The normalized spacial score (nSPS) is 11.3. The van der Waals surface area contributed by atoms with Crippen LogP contribution in [0.4, 0.5) is 30.6 Å². The highest BCUT2D eigenvalue weighted by molar-refractivity contribution is 5.57. The van der Waals surface area contributed by atoms with Gasteiger partial charge in [0.05, 0.1) is 5.56 Å². The summed E-state index contributed by atoms with van der Waals surface area (Å²) in [5, 5.41) is 3.00. The Bertz CT molecular complexity index is 867. The Morgan fingerprint density at radius 1 is 0.963 bits per heavy atom. The first-order valence-electron chi connectivity index (χ1n) is 8.29. The van der Waals surface area contributed by atoms with E-state index in [1.54, 1.807) is 24.7 Å². The van der Waals surface area contributed by atoms with Crippen LogP contribution < -0.4 is 10.2 Å². The van der Waals surface area contributed by atoms with E-state index >= 15 is 0 Å². The molecular weight excluding hydrogens is 355 g/mol. The van der Waals surface area contributed by atoms with Crippen molar-refractivity contribution in [2.24, 2.45) is 0 Å². The van der Waals surface area contributed by atoms with E-state index in [-0.39, 0.29) is 0 Å². The van der Waals surface area contributed by atoms with Gasteiger partial charge in [-0.05, 0) is 54.4 Å². The van der Waals surface area contributed by atoms with E-state index in [1.165, 1.54) is 12.1 Å². The average Bonchev–Trinajstić information content (AvgIpc) is 2.67. The molecule has 3 rings (SSSR count).